The predicted octanol–water partition coefficient (Wildman–Crippen LogP) is 5.99. The molecule has 0 aliphatic carbocycles. The van der Waals surface area contributed by atoms with Crippen LogP contribution in [0.5, 0.6) is 0 Å². The van der Waals surface area contributed by atoms with Crippen LogP contribution in [0.2, 0.25) is 10.0 Å². The summed E-state index contributed by atoms with van der Waals surface area (Å²) in [6.07, 6.45) is 0. The van der Waals surface area contributed by atoms with Crippen molar-refractivity contribution < 1.29 is 9.18 Å². The van der Waals surface area contributed by atoms with Crippen molar-refractivity contribution in [1.82, 2.24) is 4.98 Å². The molecule has 1 amide bonds. The number of halogens is 3. The van der Waals surface area contributed by atoms with Crippen molar-refractivity contribution in [3.63, 3.8) is 0 Å². The molecule has 0 saturated carbocycles. The Hall–Kier alpha value is -1.60. The third kappa shape index (κ3) is 4.95. The van der Waals surface area contributed by atoms with Gasteiger partial charge in [0.05, 0.1) is 22.2 Å². The molecule has 1 heterocycles. The van der Waals surface area contributed by atoms with Gasteiger partial charge in [-0.1, -0.05) is 47.1 Å². The highest BCUT2D eigenvalue weighted by atomic mass is 35.5. The number of hydrogen-bond donors (Lipinski definition) is 1. The second kappa shape index (κ2) is 8.19. The van der Waals surface area contributed by atoms with E-state index in [4.69, 9.17) is 23.2 Å². The minimum Gasteiger partial charge on any atom is -0.324 e. The SMILES string of the molecule is O=C(CSc1nc(-c2ccc(Cl)cc2)cs1)Nc1ccc(F)cc1Cl. The molecule has 3 aromatic rings. The largest absolute Gasteiger partial charge is 0.324 e. The number of anilines is 1. The molecule has 128 valence electrons. The Bertz CT molecular complexity index is 900. The predicted molar refractivity (Wildman–Crippen MR) is 103 cm³/mol. The van der Waals surface area contributed by atoms with Crippen molar-refractivity contribution in [1.29, 1.82) is 0 Å². The quantitative estimate of drug-likeness (QED) is 0.523. The van der Waals surface area contributed by atoms with E-state index in [0.717, 1.165) is 21.7 Å². The molecule has 2 aromatic carbocycles. The highest BCUT2D eigenvalue weighted by molar-refractivity contribution is 8.01. The summed E-state index contributed by atoms with van der Waals surface area (Å²) in [5.41, 5.74) is 2.19. The smallest absolute Gasteiger partial charge is 0.234 e. The van der Waals surface area contributed by atoms with E-state index in [1.807, 2.05) is 29.6 Å². The van der Waals surface area contributed by atoms with Gasteiger partial charge in [0.15, 0.2) is 4.34 Å². The second-order valence-corrected chi connectivity index (χ2v) is 7.89. The Morgan fingerprint density at radius 3 is 2.68 bits per heavy atom. The zero-order valence-electron chi connectivity index (χ0n) is 12.6. The minimum absolute atomic E-state index is 0.164. The number of rotatable bonds is 5. The van der Waals surface area contributed by atoms with Gasteiger partial charge in [0, 0.05) is 16.0 Å². The molecular weight excluding hydrogens is 402 g/mol. The minimum atomic E-state index is -0.449. The molecule has 1 aromatic heterocycles. The molecule has 8 heteroatoms. The van der Waals surface area contributed by atoms with Gasteiger partial charge in [-0.05, 0) is 30.3 Å². The van der Waals surface area contributed by atoms with Crippen molar-refractivity contribution in [2.45, 2.75) is 4.34 Å². The Morgan fingerprint density at radius 2 is 1.96 bits per heavy atom. The average Bonchev–Trinajstić information content (AvgIpc) is 3.05. The monoisotopic (exact) mass is 412 g/mol. The second-order valence-electron chi connectivity index (χ2n) is 4.97. The Morgan fingerprint density at radius 1 is 1.20 bits per heavy atom. The molecular formula is C17H11Cl2FN2OS2. The number of carbonyl (C=O) groups excluding carboxylic acids is 1. The van der Waals surface area contributed by atoms with E-state index < -0.39 is 5.82 Å². The van der Waals surface area contributed by atoms with E-state index in [1.54, 1.807) is 0 Å². The van der Waals surface area contributed by atoms with Crippen LogP contribution in [0.3, 0.4) is 0 Å². The summed E-state index contributed by atoms with van der Waals surface area (Å²) in [4.78, 5) is 16.5. The number of nitrogens with zero attached hydrogens (tertiary/aromatic N) is 1. The molecule has 0 saturated heterocycles. The first-order valence-corrected chi connectivity index (χ1v) is 9.72. The normalized spacial score (nSPS) is 10.7. The third-order valence-electron chi connectivity index (χ3n) is 3.16. The number of carbonyl (C=O) groups is 1. The first-order valence-electron chi connectivity index (χ1n) is 7.10. The van der Waals surface area contributed by atoms with Crippen molar-refractivity contribution in [2.24, 2.45) is 0 Å². The fourth-order valence-electron chi connectivity index (χ4n) is 1.98. The molecule has 0 radical (unpaired) electrons. The molecule has 0 spiro atoms. The third-order valence-corrected chi connectivity index (χ3v) is 5.74. The van der Waals surface area contributed by atoms with Crippen LogP contribution >= 0.6 is 46.3 Å². The van der Waals surface area contributed by atoms with Gasteiger partial charge in [-0.2, -0.15) is 0 Å². The molecule has 0 fully saturated rings. The van der Waals surface area contributed by atoms with Gasteiger partial charge in [0.1, 0.15) is 5.82 Å². The molecule has 0 atom stereocenters. The number of nitrogens with one attached hydrogen (secondary N) is 1. The molecule has 0 aliphatic rings. The van der Waals surface area contributed by atoms with Crippen LogP contribution in [-0.4, -0.2) is 16.6 Å². The lowest BCUT2D eigenvalue weighted by molar-refractivity contribution is -0.113. The molecule has 0 bridgehead atoms. The highest BCUT2D eigenvalue weighted by Crippen LogP contribution is 2.29. The van der Waals surface area contributed by atoms with Crippen LogP contribution in [0.25, 0.3) is 11.3 Å². The van der Waals surface area contributed by atoms with Gasteiger partial charge < -0.3 is 5.32 Å². The number of benzene rings is 2. The van der Waals surface area contributed by atoms with Crippen molar-refractivity contribution >= 4 is 57.9 Å². The van der Waals surface area contributed by atoms with E-state index in [1.165, 1.54) is 35.2 Å². The van der Waals surface area contributed by atoms with Crippen LogP contribution in [0.4, 0.5) is 10.1 Å². The van der Waals surface area contributed by atoms with E-state index in [-0.39, 0.29) is 16.7 Å². The fourth-order valence-corrected chi connectivity index (χ4v) is 3.96. The van der Waals surface area contributed by atoms with Gasteiger partial charge in [-0.25, -0.2) is 9.37 Å². The molecule has 3 rings (SSSR count). The lowest BCUT2D eigenvalue weighted by Gasteiger charge is -2.06. The summed E-state index contributed by atoms with van der Waals surface area (Å²) >= 11 is 14.6. The van der Waals surface area contributed by atoms with Gasteiger partial charge in [-0.15, -0.1) is 11.3 Å². The van der Waals surface area contributed by atoms with E-state index in [9.17, 15) is 9.18 Å². The maximum absolute atomic E-state index is 13.0. The zero-order valence-corrected chi connectivity index (χ0v) is 15.8. The number of thiazole rings is 1. The summed E-state index contributed by atoms with van der Waals surface area (Å²) in [6.45, 7) is 0. The van der Waals surface area contributed by atoms with Crippen molar-refractivity contribution in [3.05, 3.63) is 63.7 Å². The number of thioether (sulfide) groups is 1. The standard InChI is InChI=1S/C17H11Cl2FN2OS2/c18-11-3-1-10(2-4-11)15-8-24-17(22-15)25-9-16(23)21-14-6-5-12(20)7-13(14)19/h1-8H,9H2,(H,21,23). The van der Waals surface area contributed by atoms with Crippen LogP contribution in [0, 0.1) is 5.82 Å². The zero-order chi connectivity index (χ0) is 17.8. The molecule has 25 heavy (non-hydrogen) atoms. The van der Waals surface area contributed by atoms with Crippen LogP contribution in [0.15, 0.2) is 52.2 Å². The maximum atomic E-state index is 13.0. The van der Waals surface area contributed by atoms with Gasteiger partial charge in [-0.3, -0.25) is 4.79 Å². The summed E-state index contributed by atoms with van der Waals surface area (Å²) in [5.74, 6) is -0.502. The van der Waals surface area contributed by atoms with E-state index in [0.29, 0.717) is 10.7 Å². The Labute approximate surface area is 162 Å². The number of amides is 1. The Kier molecular flexibility index (Phi) is 5.96. The average molecular weight is 413 g/mol. The first-order chi connectivity index (χ1) is 12.0. The lowest BCUT2D eigenvalue weighted by Crippen LogP contribution is -2.14. The van der Waals surface area contributed by atoms with Crippen LogP contribution in [0.1, 0.15) is 0 Å². The summed E-state index contributed by atoms with van der Waals surface area (Å²) < 4.78 is 13.8. The van der Waals surface area contributed by atoms with Crippen LogP contribution in [-0.2, 0) is 4.79 Å². The molecule has 3 nitrogen and oxygen atoms in total. The van der Waals surface area contributed by atoms with Gasteiger partial charge in [0.25, 0.3) is 0 Å². The summed E-state index contributed by atoms with van der Waals surface area (Å²) in [6, 6.07) is 11.2. The first kappa shape index (κ1) is 18.2. The van der Waals surface area contributed by atoms with Crippen molar-refractivity contribution in [3.8, 4) is 11.3 Å². The Balaban J connectivity index is 1.58. The topological polar surface area (TPSA) is 42.0 Å². The van der Waals surface area contributed by atoms with Crippen molar-refractivity contribution in [2.75, 3.05) is 11.1 Å². The highest BCUT2D eigenvalue weighted by Gasteiger charge is 2.10. The van der Waals surface area contributed by atoms with E-state index in [2.05, 4.69) is 10.3 Å². The summed E-state index contributed by atoms with van der Waals surface area (Å²) in [7, 11) is 0. The van der Waals surface area contributed by atoms with E-state index >= 15 is 0 Å². The molecule has 0 aliphatic heterocycles. The van der Waals surface area contributed by atoms with Gasteiger partial charge in [0.2, 0.25) is 5.91 Å². The van der Waals surface area contributed by atoms with Crippen LogP contribution < -0.4 is 5.32 Å². The number of aromatic nitrogens is 1. The summed E-state index contributed by atoms with van der Waals surface area (Å²) in [5, 5.41) is 5.42. The maximum Gasteiger partial charge on any atom is 0.234 e. The van der Waals surface area contributed by atoms with Gasteiger partial charge >= 0.3 is 0 Å². The number of hydrogen-bond acceptors (Lipinski definition) is 4. The molecule has 0 unspecified atom stereocenters. The fraction of sp³-hybridized carbons (Fsp3) is 0.0588. The molecule has 1 N–H and O–H groups in total. The lowest BCUT2D eigenvalue weighted by atomic mass is 10.2.